The molecule has 17 heavy (non-hydrogen) atoms. The van der Waals surface area contributed by atoms with Gasteiger partial charge in [-0.1, -0.05) is 5.57 Å². The van der Waals surface area contributed by atoms with E-state index in [0.29, 0.717) is 18.1 Å². The molecule has 5 heteroatoms. The first-order chi connectivity index (χ1) is 8.04. The fourth-order valence-electron chi connectivity index (χ4n) is 1.27. The van der Waals surface area contributed by atoms with Gasteiger partial charge in [-0.25, -0.2) is 5.84 Å². The van der Waals surface area contributed by atoms with E-state index in [1.165, 1.54) is 11.3 Å². The third-order valence-corrected chi connectivity index (χ3v) is 3.40. The molecular formula is C12H18N2O2S. The van der Waals surface area contributed by atoms with Gasteiger partial charge in [0.25, 0.3) is 5.91 Å². The zero-order valence-corrected chi connectivity index (χ0v) is 11.0. The first-order valence-corrected chi connectivity index (χ1v) is 6.18. The number of carbonyl (C=O) groups is 1. The van der Waals surface area contributed by atoms with E-state index in [9.17, 15) is 4.79 Å². The summed E-state index contributed by atoms with van der Waals surface area (Å²) >= 11 is 1.42. The van der Waals surface area contributed by atoms with Gasteiger partial charge in [-0.15, -0.1) is 17.9 Å². The standard InChI is InChI=1S/C12H18N2O2S/c1-8(2)4-5-16-7-10-6-11(12(15)14-13)17-9(10)3/h6H,1,4-5,7,13H2,2-3H3,(H,14,15). The van der Waals surface area contributed by atoms with Crippen LogP contribution in [0.5, 0.6) is 0 Å². The summed E-state index contributed by atoms with van der Waals surface area (Å²) in [6.45, 7) is 8.93. The molecule has 0 aromatic carbocycles. The number of rotatable bonds is 6. The smallest absolute Gasteiger partial charge is 0.275 e. The third kappa shape index (κ3) is 4.30. The van der Waals surface area contributed by atoms with Gasteiger partial charge in [0.2, 0.25) is 0 Å². The van der Waals surface area contributed by atoms with Crippen LogP contribution in [0.3, 0.4) is 0 Å². The molecule has 0 unspecified atom stereocenters. The number of ether oxygens (including phenoxy) is 1. The van der Waals surface area contributed by atoms with E-state index in [1.54, 1.807) is 0 Å². The summed E-state index contributed by atoms with van der Waals surface area (Å²) < 4.78 is 5.52. The van der Waals surface area contributed by atoms with Gasteiger partial charge >= 0.3 is 0 Å². The number of carbonyl (C=O) groups excluding carboxylic acids is 1. The number of nitrogens with two attached hydrogens (primary N) is 1. The summed E-state index contributed by atoms with van der Waals surface area (Å²) in [7, 11) is 0. The van der Waals surface area contributed by atoms with Crippen molar-refractivity contribution in [3.8, 4) is 0 Å². The number of aryl methyl sites for hydroxylation is 1. The van der Waals surface area contributed by atoms with Gasteiger partial charge in [0.1, 0.15) is 0 Å². The fourth-order valence-corrected chi connectivity index (χ4v) is 2.21. The summed E-state index contributed by atoms with van der Waals surface area (Å²) in [4.78, 5) is 13.0. The Hall–Kier alpha value is -1.17. The Kier molecular flexibility index (Phi) is 5.34. The van der Waals surface area contributed by atoms with Crippen molar-refractivity contribution in [1.29, 1.82) is 0 Å². The van der Waals surface area contributed by atoms with E-state index in [0.717, 1.165) is 22.4 Å². The van der Waals surface area contributed by atoms with Gasteiger partial charge in [0.05, 0.1) is 18.1 Å². The SMILES string of the molecule is C=C(C)CCOCc1cc(C(=O)NN)sc1C. The minimum absolute atomic E-state index is 0.258. The second kappa shape index (κ2) is 6.54. The zero-order valence-electron chi connectivity index (χ0n) is 10.2. The second-order valence-electron chi connectivity index (χ2n) is 3.93. The molecule has 0 spiro atoms. The lowest BCUT2D eigenvalue weighted by molar-refractivity contribution is 0.0957. The average molecular weight is 254 g/mol. The highest BCUT2D eigenvalue weighted by molar-refractivity contribution is 7.14. The third-order valence-electron chi connectivity index (χ3n) is 2.31. The van der Waals surface area contributed by atoms with Crippen LogP contribution in [0.1, 0.15) is 33.5 Å². The summed E-state index contributed by atoms with van der Waals surface area (Å²) in [6.07, 6.45) is 0.860. The topological polar surface area (TPSA) is 64.3 Å². The Morgan fingerprint density at radius 3 is 2.94 bits per heavy atom. The normalized spacial score (nSPS) is 10.3. The molecule has 0 aliphatic heterocycles. The first-order valence-electron chi connectivity index (χ1n) is 5.37. The maximum absolute atomic E-state index is 11.3. The predicted octanol–water partition coefficient (Wildman–Crippen LogP) is 2.14. The minimum Gasteiger partial charge on any atom is -0.376 e. The van der Waals surface area contributed by atoms with Crippen LogP contribution in [-0.2, 0) is 11.3 Å². The largest absolute Gasteiger partial charge is 0.376 e. The molecule has 1 rings (SSSR count). The van der Waals surface area contributed by atoms with Crippen molar-refractivity contribution >= 4 is 17.2 Å². The van der Waals surface area contributed by atoms with Crippen molar-refractivity contribution in [1.82, 2.24) is 5.43 Å². The number of hydrazine groups is 1. The molecule has 0 bridgehead atoms. The molecule has 1 aromatic heterocycles. The summed E-state index contributed by atoms with van der Waals surface area (Å²) in [6, 6.07) is 1.82. The van der Waals surface area contributed by atoms with Crippen molar-refractivity contribution < 1.29 is 9.53 Å². The molecular weight excluding hydrogens is 236 g/mol. The molecule has 0 aliphatic rings. The van der Waals surface area contributed by atoms with E-state index in [2.05, 4.69) is 12.0 Å². The Morgan fingerprint density at radius 2 is 2.35 bits per heavy atom. The van der Waals surface area contributed by atoms with Gasteiger partial charge in [-0.05, 0) is 31.9 Å². The number of hydrogen-bond acceptors (Lipinski definition) is 4. The molecule has 0 fully saturated rings. The van der Waals surface area contributed by atoms with Gasteiger partial charge < -0.3 is 4.74 Å². The lowest BCUT2D eigenvalue weighted by Gasteiger charge is -2.03. The van der Waals surface area contributed by atoms with Crippen molar-refractivity contribution in [2.45, 2.75) is 26.9 Å². The van der Waals surface area contributed by atoms with E-state index in [1.807, 2.05) is 19.9 Å². The lowest BCUT2D eigenvalue weighted by Crippen LogP contribution is -2.29. The number of hydrogen-bond donors (Lipinski definition) is 2. The molecule has 0 saturated carbocycles. The van der Waals surface area contributed by atoms with E-state index in [-0.39, 0.29) is 5.91 Å². The minimum atomic E-state index is -0.258. The molecule has 4 nitrogen and oxygen atoms in total. The second-order valence-corrected chi connectivity index (χ2v) is 5.18. The van der Waals surface area contributed by atoms with Gasteiger partial charge in [-0.2, -0.15) is 0 Å². The molecule has 0 saturated heterocycles. The fraction of sp³-hybridized carbons (Fsp3) is 0.417. The van der Waals surface area contributed by atoms with Crippen molar-refractivity contribution in [2.75, 3.05) is 6.61 Å². The van der Waals surface area contributed by atoms with Crippen LogP contribution < -0.4 is 11.3 Å². The Morgan fingerprint density at radius 1 is 1.65 bits per heavy atom. The van der Waals surface area contributed by atoms with Gasteiger partial charge in [0, 0.05) is 4.88 Å². The van der Waals surface area contributed by atoms with Crippen LogP contribution in [0.15, 0.2) is 18.2 Å². The molecule has 1 heterocycles. The van der Waals surface area contributed by atoms with E-state index < -0.39 is 0 Å². The number of nitrogens with one attached hydrogen (secondary N) is 1. The van der Waals surface area contributed by atoms with Crippen LogP contribution in [0.4, 0.5) is 0 Å². The van der Waals surface area contributed by atoms with E-state index in [4.69, 9.17) is 10.6 Å². The van der Waals surface area contributed by atoms with Crippen LogP contribution in [0, 0.1) is 6.92 Å². The predicted molar refractivity (Wildman–Crippen MR) is 69.8 cm³/mol. The van der Waals surface area contributed by atoms with Crippen LogP contribution >= 0.6 is 11.3 Å². The molecule has 0 aliphatic carbocycles. The molecule has 94 valence electrons. The Labute approximate surface area is 105 Å². The maximum Gasteiger partial charge on any atom is 0.275 e. The molecule has 1 aromatic rings. The summed E-state index contributed by atoms with van der Waals surface area (Å²) in [5.41, 5.74) is 4.27. The Balaban J connectivity index is 2.51. The number of thiophene rings is 1. The molecule has 0 atom stereocenters. The zero-order chi connectivity index (χ0) is 12.8. The van der Waals surface area contributed by atoms with Crippen molar-refractivity contribution in [3.05, 3.63) is 33.5 Å². The van der Waals surface area contributed by atoms with Crippen LogP contribution in [0.2, 0.25) is 0 Å². The molecule has 0 radical (unpaired) electrons. The van der Waals surface area contributed by atoms with Crippen LogP contribution in [-0.4, -0.2) is 12.5 Å². The lowest BCUT2D eigenvalue weighted by atomic mass is 10.2. The first kappa shape index (κ1) is 13.9. The summed E-state index contributed by atoms with van der Waals surface area (Å²) in [5.74, 6) is 4.83. The van der Waals surface area contributed by atoms with E-state index >= 15 is 0 Å². The quantitative estimate of drug-likeness (QED) is 0.269. The monoisotopic (exact) mass is 254 g/mol. The van der Waals surface area contributed by atoms with Gasteiger partial charge in [0.15, 0.2) is 0 Å². The highest BCUT2D eigenvalue weighted by Gasteiger charge is 2.11. The average Bonchev–Trinajstić information content (AvgIpc) is 2.65. The summed E-state index contributed by atoms with van der Waals surface area (Å²) in [5, 5.41) is 0. The van der Waals surface area contributed by atoms with Crippen molar-refractivity contribution in [2.24, 2.45) is 5.84 Å². The highest BCUT2D eigenvalue weighted by atomic mass is 32.1. The van der Waals surface area contributed by atoms with Crippen LogP contribution in [0.25, 0.3) is 0 Å². The molecule has 1 amide bonds. The Bertz CT molecular complexity index is 413. The maximum atomic E-state index is 11.3. The number of amides is 1. The highest BCUT2D eigenvalue weighted by Crippen LogP contribution is 2.22. The molecule has 3 N–H and O–H groups in total. The van der Waals surface area contributed by atoms with Crippen molar-refractivity contribution in [3.63, 3.8) is 0 Å². The number of nitrogen functional groups attached to an aromatic ring is 1. The van der Waals surface area contributed by atoms with Gasteiger partial charge in [-0.3, -0.25) is 10.2 Å².